The lowest BCUT2D eigenvalue weighted by Gasteiger charge is -2.09. The normalized spacial score (nSPS) is 15.9. The summed E-state index contributed by atoms with van der Waals surface area (Å²) in [4.78, 5) is 29.6. The lowest BCUT2D eigenvalue weighted by Crippen LogP contribution is -2.14. The van der Waals surface area contributed by atoms with E-state index in [0.29, 0.717) is 38.4 Å². The van der Waals surface area contributed by atoms with E-state index >= 15 is 0 Å². The van der Waals surface area contributed by atoms with Crippen LogP contribution in [0.25, 0.3) is 6.08 Å². The third-order valence-electron chi connectivity index (χ3n) is 4.48. The predicted molar refractivity (Wildman–Crippen MR) is 132 cm³/mol. The number of halogens is 2. The van der Waals surface area contributed by atoms with Gasteiger partial charge in [0.2, 0.25) is 0 Å². The van der Waals surface area contributed by atoms with Crippen molar-refractivity contribution in [1.29, 1.82) is 0 Å². The highest BCUT2D eigenvalue weighted by Gasteiger charge is 2.34. The molecule has 0 saturated heterocycles. The fourth-order valence-electron chi connectivity index (χ4n) is 2.94. The van der Waals surface area contributed by atoms with Gasteiger partial charge in [-0.05, 0) is 56.7 Å². The molecule has 9 heteroatoms. The van der Waals surface area contributed by atoms with Crippen LogP contribution in [0.3, 0.4) is 0 Å². The van der Waals surface area contributed by atoms with Crippen LogP contribution in [0, 0.1) is 6.92 Å². The summed E-state index contributed by atoms with van der Waals surface area (Å²) in [5.41, 5.74) is 1.75. The Hall–Kier alpha value is -2.74. The van der Waals surface area contributed by atoms with Gasteiger partial charge in [-0.15, -0.1) is 0 Å². The number of benzene rings is 2. The standard InChI is InChI=1S/C24H21Cl2NO5S/c1-4-31-21-16(25)10-14(11-17(21)26)12-18-20(28)19(24(30)32-5-2)23(33-18)27-22(29)15-8-6-13(3)7-9-15/h6-12,28H,4-5H2,1-3H3/b18-12-,27-23?. The highest BCUT2D eigenvalue weighted by atomic mass is 35.5. The molecule has 1 heterocycles. The average molecular weight is 506 g/mol. The van der Waals surface area contributed by atoms with Crippen LogP contribution in [0.4, 0.5) is 0 Å². The Morgan fingerprint density at radius 1 is 1.09 bits per heavy atom. The number of aliphatic hydroxyl groups excluding tert-OH is 1. The van der Waals surface area contributed by atoms with E-state index in [9.17, 15) is 14.7 Å². The van der Waals surface area contributed by atoms with E-state index in [1.54, 1.807) is 49.4 Å². The van der Waals surface area contributed by atoms with Crippen LogP contribution in [0.15, 0.2) is 57.6 Å². The second kappa shape index (κ2) is 10.9. The lowest BCUT2D eigenvalue weighted by molar-refractivity contribution is -0.138. The minimum Gasteiger partial charge on any atom is -0.506 e. The molecule has 6 nitrogen and oxygen atoms in total. The first-order valence-electron chi connectivity index (χ1n) is 10.1. The molecule has 33 heavy (non-hydrogen) atoms. The summed E-state index contributed by atoms with van der Waals surface area (Å²) in [6.07, 6.45) is 1.59. The van der Waals surface area contributed by atoms with Gasteiger partial charge in [0.25, 0.3) is 5.91 Å². The predicted octanol–water partition coefficient (Wildman–Crippen LogP) is 6.40. The van der Waals surface area contributed by atoms with Crippen LogP contribution in [-0.4, -0.2) is 35.2 Å². The highest BCUT2D eigenvalue weighted by Crippen LogP contribution is 2.41. The molecule has 0 radical (unpaired) electrons. The number of aliphatic imine (C=N–C) groups is 1. The average Bonchev–Trinajstić information content (AvgIpc) is 3.06. The molecule has 0 bridgehead atoms. The van der Waals surface area contributed by atoms with Crippen molar-refractivity contribution in [3.05, 3.63) is 79.4 Å². The quantitative estimate of drug-likeness (QED) is 0.457. The first kappa shape index (κ1) is 24.9. The number of hydrogen-bond donors (Lipinski definition) is 1. The van der Waals surface area contributed by atoms with Crippen molar-refractivity contribution in [2.45, 2.75) is 20.8 Å². The maximum Gasteiger partial charge on any atom is 0.344 e. The number of nitrogens with zero attached hydrogens (tertiary/aromatic N) is 1. The minimum absolute atomic E-state index is 0.0471. The lowest BCUT2D eigenvalue weighted by atomic mass is 10.1. The first-order chi connectivity index (χ1) is 15.7. The van der Waals surface area contributed by atoms with Crippen LogP contribution in [0.5, 0.6) is 5.75 Å². The second-order valence-electron chi connectivity index (χ2n) is 6.89. The molecule has 2 aromatic rings. The number of aryl methyl sites for hydroxylation is 1. The summed E-state index contributed by atoms with van der Waals surface area (Å²) in [7, 11) is 0. The molecule has 1 N–H and O–H groups in total. The van der Waals surface area contributed by atoms with E-state index in [-0.39, 0.29) is 23.0 Å². The molecule has 0 atom stereocenters. The number of thioether (sulfide) groups is 1. The summed E-state index contributed by atoms with van der Waals surface area (Å²) in [5.74, 6) is -1.29. The van der Waals surface area contributed by atoms with Gasteiger partial charge in [-0.1, -0.05) is 52.7 Å². The van der Waals surface area contributed by atoms with Crippen molar-refractivity contribution in [3.63, 3.8) is 0 Å². The van der Waals surface area contributed by atoms with E-state index < -0.39 is 11.9 Å². The van der Waals surface area contributed by atoms with Crippen molar-refractivity contribution < 1.29 is 24.2 Å². The van der Waals surface area contributed by atoms with Crippen LogP contribution < -0.4 is 4.74 Å². The van der Waals surface area contributed by atoms with Gasteiger partial charge >= 0.3 is 5.97 Å². The molecule has 0 saturated carbocycles. The fraction of sp³-hybridized carbons (Fsp3) is 0.208. The molecular formula is C24H21Cl2NO5S. The van der Waals surface area contributed by atoms with Gasteiger partial charge in [0.05, 0.1) is 28.2 Å². The number of ether oxygens (including phenoxy) is 2. The SMILES string of the molecule is CCOC(=O)C1=C(O)/C(=C/c2cc(Cl)c(OCC)c(Cl)c2)SC1=NC(=O)c1ccc(C)cc1. The summed E-state index contributed by atoms with van der Waals surface area (Å²) in [6, 6.07) is 10.1. The van der Waals surface area contributed by atoms with E-state index in [1.165, 1.54) is 0 Å². The molecule has 2 aromatic carbocycles. The largest absolute Gasteiger partial charge is 0.506 e. The molecule has 0 aliphatic carbocycles. The monoisotopic (exact) mass is 505 g/mol. The number of esters is 1. The van der Waals surface area contributed by atoms with Crippen LogP contribution >= 0.6 is 35.0 Å². The van der Waals surface area contributed by atoms with Gasteiger partial charge in [-0.2, -0.15) is 0 Å². The number of amides is 1. The Morgan fingerprint density at radius 2 is 1.73 bits per heavy atom. The maximum absolute atomic E-state index is 12.7. The molecular weight excluding hydrogens is 485 g/mol. The summed E-state index contributed by atoms with van der Waals surface area (Å²) < 4.78 is 10.5. The van der Waals surface area contributed by atoms with E-state index in [4.69, 9.17) is 32.7 Å². The van der Waals surface area contributed by atoms with Crippen LogP contribution in [0.2, 0.25) is 10.0 Å². The molecule has 0 fully saturated rings. The number of rotatable bonds is 6. The molecule has 0 unspecified atom stereocenters. The Bertz CT molecular complexity index is 1160. The highest BCUT2D eigenvalue weighted by molar-refractivity contribution is 8.18. The molecule has 1 aliphatic rings. The Morgan fingerprint density at radius 3 is 2.30 bits per heavy atom. The van der Waals surface area contributed by atoms with Crippen molar-refractivity contribution in [2.75, 3.05) is 13.2 Å². The van der Waals surface area contributed by atoms with Gasteiger partial charge in [-0.3, -0.25) is 4.79 Å². The first-order valence-corrected chi connectivity index (χ1v) is 11.6. The number of carbonyl (C=O) groups excluding carboxylic acids is 2. The van der Waals surface area contributed by atoms with Gasteiger partial charge in [0.1, 0.15) is 16.4 Å². The summed E-state index contributed by atoms with van der Waals surface area (Å²) in [6.45, 7) is 5.87. The third kappa shape index (κ3) is 5.79. The van der Waals surface area contributed by atoms with Gasteiger partial charge < -0.3 is 14.6 Å². The fourth-order valence-corrected chi connectivity index (χ4v) is 4.57. The van der Waals surface area contributed by atoms with E-state index in [2.05, 4.69) is 4.99 Å². The Kier molecular flexibility index (Phi) is 8.24. The van der Waals surface area contributed by atoms with Crippen LogP contribution in [-0.2, 0) is 9.53 Å². The minimum atomic E-state index is -0.774. The third-order valence-corrected chi connectivity index (χ3v) is 6.06. The number of carbonyl (C=O) groups is 2. The second-order valence-corrected chi connectivity index (χ2v) is 8.73. The molecule has 3 rings (SSSR count). The van der Waals surface area contributed by atoms with Crippen LogP contribution in [0.1, 0.15) is 35.3 Å². The van der Waals surface area contributed by atoms with Gasteiger partial charge in [0.15, 0.2) is 5.75 Å². The van der Waals surface area contributed by atoms with Crippen molar-refractivity contribution >= 4 is 58.0 Å². The zero-order valence-electron chi connectivity index (χ0n) is 18.1. The summed E-state index contributed by atoms with van der Waals surface area (Å²) >= 11 is 13.5. The zero-order chi connectivity index (χ0) is 24.1. The molecule has 1 aliphatic heterocycles. The molecule has 0 aromatic heterocycles. The smallest absolute Gasteiger partial charge is 0.344 e. The molecule has 172 valence electrons. The summed E-state index contributed by atoms with van der Waals surface area (Å²) in [5, 5.41) is 11.4. The Labute approximate surface area is 205 Å². The van der Waals surface area contributed by atoms with Crippen molar-refractivity contribution in [3.8, 4) is 5.75 Å². The maximum atomic E-state index is 12.7. The Balaban J connectivity index is 2.02. The van der Waals surface area contributed by atoms with E-state index in [0.717, 1.165) is 17.3 Å². The molecule has 1 amide bonds. The van der Waals surface area contributed by atoms with E-state index in [1.807, 2.05) is 13.8 Å². The number of hydrogen-bond acceptors (Lipinski definition) is 6. The van der Waals surface area contributed by atoms with Crippen molar-refractivity contribution in [2.24, 2.45) is 4.99 Å². The number of aliphatic hydroxyl groups is 1. The van der Waals surface area contributed by atoms with Gasteiger partial charge in [0, 0.05) is 5.56 Å². The topological polar surface area (TPSA) is 85.2 Å². The zero-order valence-corrected chi connectivity index (χ0v) is 20.5. The van der Waals surface area contributed by atoms with Gasteiger partial charge in [-0.25, -0.2) is 9.79 Å². The molecule has 0 spiro atoms. The van der Waals surface area contributed by atoms with Crippen molar-refractivity contribution in [1.82, 2.24) is 0 Å².